The molecule has 25 heavy (non-hydrogen) atoms. The fourth-order valence-corrected chi connectivity index (χ4v) is 3.58. The summed E-state index contributed by atoms with van der Waals surface area (Å²) in [5.74, 6) is 2.60. The molecule has 130 valence electrons. The summed E-state index contributed by atoms with van der Waals surface area (Å²) in [6.07, 6.45) is 7.03. The molecule has 1 aromatic carbocycles. The third-order valence-corrected chi connectivity index (χ3v) is 4.89. The summed E-state index contributed by atoms with van der Waals surface area (Å²) in [6, 6.07) is 12.4. The summed E-state index contributed by atoms with van der Waals surface area (Å²) in [5.41, 5.74) is 2.75. The standard InChI is InChI=1S/C20H23N3O2/c1-24-15-10-11-17(25-2)16(13-15)19-20(21-14-7-3-4-8-14)23-12-6-5-9-18(23)22-19/h5-6,9-14,21H,3-4,7-8H2,1-2H3. The molecule has 3 aromatic rings. The van der Waals surface area contributed by atoms with Gasteiger partial charge in [0.05, 0.1) is 14.2 Å². The van der Waals surface area contributed by atoms with E-state index in [4.69, 9.17) is 14.5 Å². The number of anilines is 1. The van der Waals surface area contributed by atoms with E-state index in [0.717, 1.165) is 34.2 Å². The van der Waals surface area contributed by atoms with Gasteiger partial charge < -0.3 is 14.8 Å². The molecule has 0 atom stereocenters. The lowest BCUT2D eigenvalue weighted by Gasteiger charge is -2.16. The second-order valence-electron chi connectivity index (χ2n) is 6.43. The lowest BCUT2D eigenvalue weighted by Crippen LogP contribution is -2.16. The predicted molar refractivity (Wildman–Crippen MR) is 99.6 cm³/mol. The zero-order chi connectivity index (χ0) is 17.2. The molecular formula is C20H23N3O2. The molecule has 5 nitrogen and oxygen atoms in total. The van der Waals surface area contributed by atoms with Crippen molar-refractivity contribution >= 4 is 11.5 Å². The molecule has 5 heteroatoms. The van der Waals surface area contributed by atoms with Crippen LogP contribution in [0.15, 0.2) is 42.6 Å². The zero-order valence-corrected chi connectivity index (χ0v) is 14.7. The Labute approximate surface area is 147 Å². The Balaban J connectivity index is 1.88. The number of hydrogen-bond donors (Lipinski definition) is 1. The molecule has 1 N–H and O–H groups in total. The average molecular weight is 337 g/mol. The highest BCUT2D eigenvalue weighted by Gasteiger charge is 2.22. The largest absolute Gasteiger partial charge is 0.497 e. The van der Waals surface area contributed by atoms with Gasteiger partial charge in [-0.05, 0) is 43.2 Å². The summed E-state index contributed by atoms with van der Waals surface area (Å²) in [5, 5.41) is 3.72. The Morgan fingerprint density at radius 1 is 1.08 bits per heavy atom. The van der Waals surface area contributed by atoms with E-state index in [-0.39, 0.29) is 0 Å². The van der Waals surface area contributed by atoms with Crippen LogP contribution in [-0.4, -0.2) is 29.6 Å². The number of hydrogen-bond acceptors (Lipinski definition) is 4. The van der Waals surface area contributed by atoms with Gasteiger partial charge in [-0.2, -0.15) is 0 Å². The minimum Gasteiger partial charge on any atom is -0.497 e. The Morgan fingerprint density at radius 2 is 1.92 bits per heavy atom. The SMILES string of the molecule is COc1ccc(OC)c(-c2nc3ccccn3c2NC2CCCC2)c1. The van der Waals surface area contributed by atoms with Crippen molar-refractivity contribution in [1.82, 2.24) is 9.38 Å². The summed E-state index contributed by atoms with van der Waals surface area (Å²) in [4.78, 5) is 4.87. The first-order valence-corrected chi connectivity index (χ1v) is 8.76. The van der Waals surface area contributed by atoms with Crippen molar-refractivity contribution in [2.24, 2.45) is 0 Å². The highest BCUT2D eigenvalue weighted by molar-refractivity contribution is 5.81. The lowest BCUT2D eigenvalue weighted by atomic mass is 10.1. The van der Waals surface area contributed by atoms with Gasteiger partial charge in [-0.1, -0.05) is 18.9 Å². The van der Waals surface area contributed by atoms with Crippen LogP contribution in [0.3, 0.4) is 0 Å². The van der Waals surface area contributed by atoms with Crippen LogP contribution in [0.5, 0.6) is 11.5 Å². The van der Waals surface area contributed by atoms with Gasteiger partial charge in [0, 0.05) is 17.8 Å². The van der Waals surface area contributed by atoms with Gasteiger partial charge in [0.15, 0.2) is 0 Å². The Kier molecular flexibility index (Phi) is 4.22. The summed E-state index contributed by atoms with van der Waals surface area (Å²) < 4.78 is 13.1. The van der Waals surface area contributed by atoms with Crippen LogP contribution in [0, 0.1) is 0 Å². The van der Waals surface area contributed by atoms with Crippen molar-refractivity contribution in [2.75, 3.05) is 19.5 Å². The van der Waals surface area contributed by atoms with Gasteiger partial charge in [0.25, 0.3) is 0 Å². The number of aromatic nitrogens is 2. The quantitative estimate of drug-likeness (QED) is 0.751. The van der Waals surface area contributed by atoms with Crippen molar-refractivity contribution in [1.29, 1.82) is 0 Å². The van der Waals surface area contributed by atoms with E-state index in [1.54, 1.807) is 14.2 Å². The van der Waals surface area contributed by atoms with Gasteiger partial charge in [-0.15, -0.1) is 0 Å². The molecule has 0 amide bonds. The number of imidazole rings is 1. The Morgan fingerprint density at radius 3 is 2.68 bits per heavy atom. The van der Waals surface area contributed by atoms with Crippen LogP contribution < -0.4 is 14.8 Å². The fraction of sp³-hybridized carbons (Fsp3) is 0.350. The first-order chi connectivity index (χ1) is 12.3. The maximum absolute atomic E-state index is 5.59. The van der Waals surface area contributed by atoms with Crippen LogP contribution in [0.25, 0.3) is 16.9 Å². The molecular weight excluding hydrogens is 314 g/mol. The lowest BCUT2D eigenvalue weighted by molar-refractivity contribution is 0.404. The third-order valence-electron chi connectivity index (χ3n) is 4.89. The van der Waals surface area contributed by atoms with Gasteiger partial charge in [0.1, 0.15) is 28.7 Å². The van der Waals surface area contributed by atoms with Crippen molar-refractivity contribution in [2.45, 2.75) is 31.7 Å². The molecule has 0 radical (unpaired) electrons. The highest BCUT2D eigenvalue weighted by Crippen LogP contribution is 2.38. The first-order valence-electron chi connectivity index (χ1n) is 8.76. The molecule has 0 spiro atoms. The number of fused-ring (bicyclic) bond motifs is 1. The molecule has 1 aliphatic rings. The van der Waals surface area contributed by atoms with Crippen molar-refractivity contribution in [3.05, 3.63) is 42.6 Å². The first kappa shape index (κ1) is 15.8. The number of methoxy groups -OCH3 is 2. The predicted octanol–water partition coefficient (Wildman–Crippen LogP) is 4.37. The molecule has 2 aromatic heterocycles. The van der Waals surface area contributed by atoms with E-state index in [2.05, 4.69) is 15.9 Å². The second kappa shape index (κ2) is 6.67. The minimum atomic E-state index is 0.496. The van der Waals surface area contributed by atoms with Crippen LogP contribution in [0.1, 0.15) is 25.7 Å². The number of nitrogens with zero attached hydrogens (tertiary/aromatic N) is 2. The molecule has 0 saturated heterocycles. The molecule has 2 heterocycles. The summed E-state index contributed by atoms with van der Waals surface area (Å²) >= 11 is 0. The van der Waals surface area contributed by atoms with E-state index in [9.17, 15) is 0 Å². The van der Waals surface area contributed by atoms with E-state index in [0.29, 0.717) is 6.04 Å². The van der Waals surface area contributed by atoms with E-state index >= 15 is 0 Å². The Hall–Kier alpha value is -2.69. The number of ether oxygens (including phenoxy) is 2. The normalized spacial score (nSPS) is 14.8. The van der Waals surface area contributed by atoms with Gasteiger partial charge in [0.2, 0.25) is 0 Å². The molecule has 1 aliphatic carbocycles. The monoisotopic (exact) mass is 337 g/mol. The average Bonchev–Trinajstić information content (AvgIpc) is 3.30. The van der Waals surface area contributed by atoms with Gasteiger partial charge in [-0.3, -0.25) is 4.40 Å². The number of nitrogens with one attached hydrogen (secondary N) is 1. The number of pyridine rings is 1. The maximum Gasteiger partial charge on any atom is 0.139 e. The smallest absolute Gasteiger partial charge is 0.139 e. The van der Waals surface area contributed by atoms with E-state index in [1.807, 2.05) is 36.4 Å². The molecule has 0 unspecified atom stereocenters. The number of benzene rings is 1. The van der Waals surface area contributed by atoms with Gasteiger partial charge in [-0.25, -0.2) is 4.98 Å². The summed E-state index contributed by atoms with van der Waals surface area (Å²) in [6.45, 7) is 0. The van der Waals surface area contributed by atoms with Crippen molar-refractivity contribution in [3.8, 4) is 22.8 Å². The van der Waals surface area contributed by atoms with Crippen LogP contribution >= 0.6 is 0 Å². The van der Waals surface area contributed by atoms with Crippen LogP contribution in [-0.2, 0) is 0 Å². The van der Waals surface area contributed by atoms with Crippen LogP contribution in [0.4, 0.5) is 5.82 Å². The number of rotatable bonds is 5. The molecule has 1 fully saturated rings. The molecule has 4 rings (SSSR count). The van der Waals surface area contributed by atoms with Gasteiger partial charge >= 0.3 is 0 Å². The van der Waals surface area contributed by atoms with Crippen molar-refractivity contribution < 1.29 is 9.47 Å². The van der Waals surface area contributed by atoms with E-state index < -0.39 is 0 Å². The highest BCUT2D eigenvalue weighted by atomic mass is 16.5. The van der Waals surface area contributed by atoms with Crippen molar-refractivity contribution in [3.63, 3.8) is 0 Å². The summed E-state index contributed by atoms with van der Waals surface area (Å²) in [7, 11) is 3.36. The third kappa shape index (κ3) is 2.90. The fourth-order valence-electron chi connectivity index (χ4n) is 3.58. The zero-order valence-electron chi connectivity index (χ0n) is 14.7. The van der Waals surface area contributed by atoms with Crippen LogP contribution in [0.2, 0.25) is 0 Å². The topological polar surface area (TPSA) is 47.8 Å². The molecule has 0 aliphatic heterocycles. The van der Waals surface area contributed by atoms with E-state index in [1.165, 1.54) is 25.7 Å². The maximum atomic E-state index is 5.59. The molecule has 0 bridgehead atoms. The Bertz CT molecular complexity index is 882. The second-order valence-corrected chi connectivity index (χ2v) is 6.43. The molecule has 1 saturated carbocycles. The minimum absolute atomic E-state index is 0.496.